The molecule has 2 aromatic rings. The summed E-state index contributed by atoms with van der Waals surface area (Å²) in [7, 11) is 0. The average molecular weight is 336 g/mol. The van der Waals surface area contributed by atoms with Gasteiger partial charge in [-0.25, -0.2) is 0 Å². The molecule has 0 bridgehead atoms. The van der Waals surface area contributed by atoms with Crippen LogP contribution in [0.5, 0.6) is 5.75 Å². The molecule has 1 saturated heterocycles. The van der Waals surface area contributed by atoms with Crippen LogP contribution in [0.2, 0.25) is 0 Å². The molecule has 1 aliphatic heterocycles. The molecule has 0 radical (unpaired) electrons. The number of benzene rings is 1. The first-order valence-electron chi connectivity index (χ1n) is 6.91. The maximum atomic E-state index is 9.58. The monoisotopic (exact) mass is 335 g/mol. The molecule has 0 atom stereocenters. The quantitative estimate of drug-likeness (QED) is 0.936. The van der Waals surface area contributed by atoms with E-state index in [-0.39, 0.29) is 0 Å². The predicted octanol–water partition coefficient (Wildman–Crippen LogP) is 3.19. The van der Waals surface area contributed by atoms with E-state index in [1.165, 1.54) is 0 Å². The second kappa shape index (κ2) is 5.97. The van der Waals surface area contributed by atoms with Crippen LogP contribution < -0.4 is 0 Å². The zero-order chi connectivity index (χ0) is 13.9. The number of aromatic nitrogens is 2. The molecule has 0 saturated carbocycles. The minimum Gasteiger partial charge on any atom is -0.508 e. The summed E-state index contributed by atoms with van der Waals surface area (Å²) in [5.74, 6) is 0.328. The van der Waals surface area contributed by atoms with Crippen molar-refractivity contribution in [1.29, 1.82) is 0 Å². The highest BCUT2D eigenvalue weighted by atomic mass is 79.9. The molecule has 1 fully saturated rings. The number of halogens is 1. The molecule has 20 heavy (non-hydrogen) atoms. The molecule has 2 heterocycles. The van der Waals surface area contributed by atoms with Crippen LogP contribution in [0.3, 0.4) is 0 Å². The van der Waals surface area contributed by atoms with E-state index in [4.69, 9.17) is 0 Å². The Morgan fingerprint density at radius 3 is 2.80 bits per heavy atom. The summed E-state index contributed by atoms with van der Waals surface area (Å²) in [6, 6.07) is 7.95. The summed E-state index contributed by atoms with van der Waals surface area (Å²) >= 11 is 3.55. The van der Waals surface area contributed by atoms with Crippen molar-refractivity contribution in [3.63, 3.8) is 0 Å². The molecular weight excluding hydrogens is 318 g/mol. The highest BCUT2D eigenvalue weighted by Gasteiger charge is 2.21. The maximum absolute atomic E-state index is 9.58. The first-order chi connectivity index (χ1) is 9.72. The molecule has 0 amide bonds. The molecule has 1 aromatic heterocycles. The number of phenolic OH excluding ortho intramolecular Hbond substituents is 1. The minimum atomic E-state index is 0.328. The average Bonchev–Trinajstić information content (AvgIpc) is 2.98. The van der Waals surface area contributed by atoms with Gasteiger partial charge < -0.3 is 5.11 Å². The minimum absolute atomic E-state index is 0.328. The van der Waals surface area contributed by atoms with Crippen molar-refractivity contribution in [2.75, 3.05) is 13.1 Å². The third-order valence-electron chi connectivity index (χ3n) is 3.88. The van der Waals surface area contributed by atoms with Crippen molar-refractivity contribution >= 4 is 15.9 Å². The number of aromatic hydroxyl groups is 1. The second-order valence-corrected chi connectivity index (χ2v) is 6.12. The van der Waals surface area contributed by atoms with Gasteiger partial charge >= 0.3 is 0 Å². The van der Waals surface area contributed by atoms with Crippen LogP contribution in [-0.2, 0) is 6.54 Å². The van der Waals surface area contributed by atoms with Crippen LogP contribution in [0.25, 0.3) is 0 Å². The van der Waals surface area contributed by atoms with Crippen molar-refractivity contribution in [1.82, 2.24) is 14.7 Å². The first kappa shape index (κ1) is 13.6. The van der Waals surface area contributed by atoms with Crippen LogP contribution in [-0.4, -0.2) is 32.9 Å². The van der Waals surface area contributed by atoms with Crippen LogP contribution in [0.1, 0.15) is 24.4 Å². The van der Waals surface area contributed by atoms with Crippen molar-refractivity contribution in [2.24, 2.45) is 0 Å². The topological polar surface area (TPSA) is 41.3 Å². The van der Waals surface area contributed by atoms with Gasteiger partial charge in [0, 0.05) is 36.5 Å². The lowest BCUT2D eigenvalue weighted by molar-refractivity contribution is 0.173. The predicted molar refractivity (Wildman–Crippen MR) is 81.6 cm³/mol. The van der Waals surface area contributed by atoms with Gasteiger partial charge in [-0.2, -0.15) is 5.10 Å². The normalized spacial score (nSPS) is 17.4. The molecule has 0 spiro atoms. The van der Waals surface area contributed by atoms with E-state index < -0.39 is 0 Å². The maximum Gasteiger partial charge on any atom is 0.115 e. The van der Waals surface area contributed by atoms with Gasteiger partial charge in [-0.05, 0) is 42.7 Å². The Balaban J connectivity index is 1.60. The van der Waals surface area contributed by atoms with Crippen LogP contribution in [0.4, 0.5) is 0 Å². The summed E-state index contributed by atoms with van der Waals surface area (Å²) in [6.07, 6.45) is 6.14. The summed E-state index contributed by atoms with van der Waals surface area (Å²) in [5, 5.41) is 13.9. The van der Waals surface area contributed by atoms with Crippen molar-refractivity contribution in [3.8, 4) is 5.75 Å². The molecule has 3 rings (SSSR count). The van der Waals surface area contributed by atoms with Crippen LogP contribution in [0, 0.1) is 0 Å². The van der Waals surface area contributed by atoms with E-state index >= 15 is 0 Å². The third-order valence-corrected chi connectivity index (χ3v) is 4.65. The van der Waals surface area contributed by atoms with Gasteiger partial charge in [-0.15, -0.1) is 0 Å². The Kier molecular flexibility index (Phi) is 4.08. The van der Waals surface area contributed by atoms with Crippen molar-refractivity contribution in [2.45, 2.75) is 25.4 Å². The van der Waals surface area contributed by atoms with Gasteiger partial charge in [0.15, 0.2) is 0 Å². The first-order valence-corrected chi connectivity index (χ1v) is 7.70. The largest absolute Gasteiger partial charge is 0.508 e. The number of phenols is 1. The van der Waals surface area contributed by atoms with Gasteiger partial charge in [0.25, 0.3) is 0 Å². The Labute approximate surface area is 127 Å². The molecule has 4 nitrogen and oxygen atoms in total. The molecule has 0 unspecified atom stereocenters. The molecule has 106 valence electrons. The highest BCUT2D eigenvalue weighted by Crippen LogP contribution is 2.26. The zero-order valence-electron chi connectivity index (χ0n) is 11.2. The SMILES string of the molecule is Oc1ccc(Br)c(CN2CCC(n3cccn3)CC2)c1. The fraction of sp³-hybridized carbons (Fsp3) is 0.400. The number of rotatable bonds is 3. The van der Waals surface area contributed by atoms with E-state index in [1.54, 1.807) is 6.07 Å². The Morgan fingerprint density at radius 1 is 1.30 bits per heavy atom. The summed E-state index contributed by atoms with van der Waals surface area (Å²) in [4.78, 5) is 2.43. The van der Waals surface area contributed by atoms with Gasteiger partial charge in [0.2, 0.25) is 0 Å². The smallest absolute Gasteiger partial charge is 0.115 e. The lowest BCUT2D eigenvalue weighted by atomic mass is 10.0. The number of nitrogens with zero attached hydrogens (tertiary/aromatic N) is 3. The standard InChI is InChI=1S/C15H18BrN3O/c16-15-3-2-14(20)10-12(15)11-18-8-4-13(5-9-18)19-7-1-6-17-19/h1-3,6-7,10,13,20H,4-5,8-9,11H2. The van der Waals surface area contributed by atoms with Crippen LogP contribution in [0.15, 0.2) is 41.1 Å². The number of hydrogen-bond donors (Lipinski definition) is 1. The van der Waals surface area contributed by atoms with Gasteiger partial charge in [0.05, 0.1) is 6.04 Å². The molecule has 1 N–H and O–H groups in total. The molecule has 1 aliphatic rings. The number of hydrogen-bond acceptors (Lipinski definition) is 3. The Morgan fingerprint density at radius 2 is 2.10 bits per heavy atom. The van der Waals surface area contributed by atoms with Gasteiger partial charge in [-0.1, -0.05) is 15.9 Å². The third kappa shape index (κ3) is 3.04. The summed E-state index contributed by atoms with van der Waals surface area (Å²) in [6.45, 7) is 3.00. The summed E-state index contributed by atoms with van der Waals surface area (Å²) in [5.41, 5.74) is 1.14. The molecular formula is C15H18BrN3O. The van der Waals surface area contributed by atoms with Crippen LogP contribution >= 0.6 is 15.9 Å². The highest BCUT2D eigenvalue weighted by molar-refractivity contribution is 9.10. The van der Waals surface area contributed by atoms with Gasteiger partial charge in [-0.3, -0.25) is 9.58 Å². The lowest BCUT2D eigenvalue weighted by Gasteiger charge is -2.32. The Hall–Kier alpha value is -1.33. The summed E-state index contributed by atoms with van der Waals surface area (Å²) < 4.78 is 3.13. The fourth-order valence-electron chi connectivity index (χ4n) is 2.76. The van der Waals surface area contributed by atoms with E-state index in [2.05, 4.69) is 30.6 Å². The fourth-order valence-corrected chi connectivity index (χ4v) is 3.13. The van der Waals surface area contributed by atoms with Crippen molar-refractivity contribution < 1.29 is 5.11 Å². The van der Waals surface area contributed by atoms with Gasteiger partial charge in [0.1, 0.15) is 5.75 Å². The van der Waals surface area contributed by atoms with E-state index in [9.17, 15) is 5.11 Å². The number of piperidine rings is 1. The zero-order valence-corrected chi connectivity index (χ0v) is 12.8. The van der Waals surface area contributed by atoms with E-state index in [0.29, 0.717) is 11.8 Å². The molecule has 5 heteroatoms. The van der Waals surface area contributed by atoms with E-state index in [1.807, 2.05) is 30.6 Å². The molecule has 1 aromatic carbocycles. The van der Waals surface area contributed by atoms with Crippen molar-refractivity contribution in [3.05, 3.63) is 46.7 Å². The van der Waals surface area contributed by atoms with E-state index in [0.717, 1.165) is 42.5 Å². The second-order valence-electron chi connectivity index (χ2n) is 5.27. The molecule has 0 aliphatic carbocycles. The lowest BCUT2D eigenvalue weighted by Crippen LogP contribution is -2.34. The number of likely N-dealkylation sites (tertiary alicyclic amines) is 1. The Bertz CT molecular complexity index is 563.